The zero-order valence-electron chi connectivity index (χ0n) is 19.6. The summed E-state index contributed by atoms with van der Waals surface area (Å²) in [6.07, 6.45) is 1.81. The van der Waals surface area contributed by atoms with Crippen molar-refractivity contribution in [1.82, 2.24) is 8.87 Å². The maximum absolute atomic E-state index is 13.0. The first-order valence-corrected chi connectivity index (χ1v) is 13.9. The molecule has 12 heteroatoms. The molecule has 1 fully saturated rings. The summed E-state index contributed by atoms with van der Waals surface area (Å²) >= 11 is 1.29. The van der Waals surface area contributed by atoms with Crippen LogP contribution in [0.3, 0.4) is 0 Å². The summed E-state index contributed by atoms with van der Waals surface area (Å²) in [4.78, 5) is 29.9. The molecule has 2 aliphatic heterocycles. The number of amides is 1. The van der Waals surface area contributed by atoms with Gasteiger partial charge in [0.15, 0.2) is 16.3 Å². The Kier molecular flexibility index (Phi) is 6.82. The second-order valence-corrected chi connectivity index (χ2v) is 11.3. The molecule has 10 nitrogen and oxygen atoms in total. The van der Waals surface area contributed by atoms with Crippen molar-refractivity contribution in [3.05, 3.63) is 46.8 Å². The normalized spacial score (nSPS) is 16.1. The van der Waals surface area contributed by atoms with Gasteiger partial charge in [-0.25, -0.2) is 8.42 Å². The summed E-state index contributed by atoms with van der Waals surface area (Å²) in [5, 5.41) is 0. The quantitative estimate of drug-likeness (QED) is 0.431. The lowest BCUT2D eigenvalue weighted by molar-refractivity contribution is -0.143. The number of fused-ring (bicyclic) bond motifs is 2. The lowest BCUT2D eigenvalue weighted by Gasteiger charge is -2.15. The van der Waals surface area contributed by atoms with Gasteiger partial charge in [-0.2, -0.15) is 9.30 Å². The molecule has 0 saturated carbocycles. The molecule has 0 spiro atoms. The Labute approximate surface area is 211 Å². The van der Waals surface area contributed by atoms with Gasteiger partial charge in [-0.3, -0.25) is 9.59 Å². The molecule has 1 amide bonds. The van der Waals surface area contributed by atoms with Gasteiger partial charge in [-0.05, 0) is 44.0 Å². The highest BCUT2D eigenvalue weighted by molar-refractivity contribution is 7.89. The van der Waals surface area contributed by atoms with E-state index < -0.39 is 15.9 Å². The van der Waals surface area contributed by atoms with E-state index >= 15 is 0 Å². The number of aryl methyl sites for hydroxylation is 1. The maximum atomic E-state index is 13.0. The third-order valence-electron chi connectivity index (χ3n) is 6.02. The van der Waals surface area contributed by atoms with Crippen LogP contribution in [0.2, 0.25) is 0 Å². The highest BCUT2D eigenvalue weighted by Gasteiger charge is 2.27. The molecule has 36 heavy (non-hydrogen) atoms. The summed E-state index contributed by atoms with van der Waals surface area (Å²) in [5.41, 5.74) is 1.02. The average Bonchev–Trinajstić information content (AvgIpc) is 3.62. The standard InChI is InChI=1S/C24H25N3O7S2/c1-2-32-22(28)9-12-27-18-13-19-20(34-15-33-19)14-21(18)35-24(27)25-23(29)16-5-7-17(8-6-16)36(30,31)26-10-3-4-11-26/h5-8,13-14H,2-4,9-12,15H2,1H3. The molecule has 0 radical (unpaired) electrons. The second-order valence-electron chi connectivity index (χ2n) is 8.32. The number of aromatic nitrogens is 1. The molecule has 1 aromatic heterocycles. The molecule has 3 heterocycles. The van der Waals surface area contributed by atoms with Crippen LogP contribution < -0.4 is 14.3 Å². The number of hydrogen-bond acceptors (Lipinski definition) is 8. The maximum Gasteiger partial charge on any atom is 0.307 e. The van der Waals surface area contributed by atoms with Crippen LogP contribution in [-0.2, 0) is 26.1 Å². The zero-order chi connectivity index (χ0) is 25.3. The molecular formula is C24H25N3O7S2. The number of benzene rings is 2. The van der Waals surface area contributed by atoms with Crippen molar-refractivity contribution in [3.63, 3.8) is 0 Å². The van der Waals surface area contributed by atoms with Crippen molar-refractivity contribution < 1.29 is 32.2 Å². The smallest absolute Gasteiger partial charge is 0.307 e. The number of carbonyl (C=O) groups is 2. The Morgan fingerprint density at radius 3 is 2.47 bits per heavy atom. The van der Waals surface area contributed by atoms with Crippen LogP contribution in [0, 0.1) is 0 Å². The number of carbonyl (C=O) groups excluding carboxylic acids is 2. The Bertz CT molecular complexity index is 1480. The Balaban J connectivity index is 1.47. The molecule has 0 N–H and O–H groups in total. The van der Waals surface area contributed by atoms with E-state index in [1.54, 1.807) is 17.6 Å². The van der Waals surface area contributed by atoms with Gasteiger partial charge in [0.2, 0.25) is 16.8 Å². The van der Waals surface area contributed by atoms with Crippen LogP contribution in [0.25, 0.3) is 10.2 Å². The topological polar surface area (TPSA) is 117 Å². The average molecular weight is 532 g/mol. The van der Waals surface area contributed by atoms with Crippen molar-refractivity contribution in [2.75, 3.05) is 26.5 Å². The number of thiazole rings is 1. The minimum atomic E-state index is -3.57. The SMILES string of the molecule is CCOC(=O)CCn1c(=NC(=O)c2ccc(S(=O)(=O)N3CCCC3)cc2)sc2cc3c(cc21)OCO3. The van der Waals surface area contributed by atoms with E-state index in [4.69, 9.17) is 14.2 Å². The van der Waals surface area contributed by atoms with E-state index in [-0.39, 0.29) is 42.8 Å². The van der Waals surface area contributed by atoms with E-state index in [0.29, 0.717) is 29.4 Å². The highest BCUT2D eigenvalue weighted by atomic mass is 32.2. The summed E-state index contributed by atoms with van der Waals surface area (Å²) < 4.78 is 45.6. The Morgan fingerprint density at radius 1 is 1.08 bits per heavy atom. The number of hydrogen-bond donors (Lipinski definition) is 0. The first-order chi connectivity index (χ1) is 17.4. The van der Waals surface area contributed by atoms with Gasteiger partial charge in [0.05, 0.1) is 28.1 Å². The van der Waals surface area contributed by atoms with E-state index in [1.165, 1.54) is 39.9 Å². The van der Waals surface area contributed by atoms with Gasteiger partial charge in [-0.1, -0.05) is 11.3 Å². The minimum absolute atomic E-state index is 0.110. The predicted molar refractivity (Wildman–Crippen MR) is 132 cm³/mol. The van der Waals surface area contributed by atoms with Gasteiger partial charge >= 0.3 is 5.97 Å². The molecule has 1 saturated heterocycles. The van der Waals surface area contributed by atoms with E-state index in [0.717, 1.165) is 23.1 Å². The molecule has 2 aliphatic rings. The predicted octanol–water partition coefficient (Wildman–Crippen LogP) is 2.91. The van der Waals surface area contributed by atoms with Crippen LogP contribution in [0.4, 0.5) is 0 Å². The monoisotopic (exact) mass is 531 g/mol. The molecule has 0 unspecified atom stereocenters. The molecule has 0 bridgehead atoms. The van der Waals surface area contributed by atoms with Gasteiger partial charge in [0, 0.05) is 37.3 Å². The lowest BCUT2D eigenvalue weighted by Crippen LogP contribution is -2.27. The largest absolute Gasteiger partial charge is 0.466 e. The third kappa shape index (κ3) is 4.75. The van der Waals surface area contributed by atoms with Crippen LogP contribution in [0.1, 0.15) is 36.5 Å². The number of ether oxygens (including phenoxy) is 3. The van der Waals surface area contributed by atoms with Crippen LogP contribution in [-0.4, -0.2) is 55.7 Å². The fourth-order valence-corrected chi connectivity index (χ4v) is 6.78. The third-order valence-corrected chi connectivity index (χ3v) is 8.98. The van der Waals surface area contributed by atoms with Gasteiger partial charge in [0.1, 0.15) is 0 Å². The Hall–Kier alpha value is -3.22. The first-order valence-electron chi connectivity index (χ1n) is 11.6. The van der Waals surface area contributed by atoms with Crippen molar-refractivity contribution in [3.8, 4) is 11.5 Å². The molecule has 190 valence electrons. The van der Waals surface area contributed by atoms with Crippen LogP contribution >= 0.6 is 11.3 Å². The molecule has 0 atom stereocenters. The van der Waals surface area contributed by atoms with Crippen molar-refractivity contribution in [2.45, 2.75) is 37.6 Å². The minimum Gasteiger partial charge on any atom is -0.466 e. The second kappa shape index (κ2) is 10.0. The van der Waals surface area contributed by atoms with E-state index in [9.17, 15) is 18.0 Å². The molecule has 0 aliphatic carbocycles. The molecule has 2 aromatic carbocycles. The Morgan fingerprint density at radius 2 is 1.78 bits per heavy atom. The molecular weight excluding hydrogens is 506 g/mol. The molecule has 5 rings (SSSR count). The van der Waals surface area contributed by atoms with Crippen molar-refractivity contribution >= 4 is 43.5 Å². The number of rotatable bonds is 7. The van der Waals surface area contributed by atoms with Crippen molar-refractivity contribution in [1.29, 1.82) is 0 Å². The summed E-state index contributed by atoms with van der Waals surface area (Å²) in [7, 11) is -3.57. The molecule has 3 aromatic rings. The number of sulfonamides is 1. The fraction of sp³-hybridized carbons (Fsp3) is 0.375. The van der Waals surface area contributed by atoms with E-state index in [2.05, 4.69) is 4.99 Å². The summed E-state index contributed by atoms with van der Waals surface area (Å²) in [6, 6.07) is 9.46. The first kappa shape index (κ1) is 24.5. The lowest BCUT2D eigenvalue weighted by atomic mass is 10.2. The van der Waals surface area contributed by atoms with Gasteiger partial charge in [0.25, 0.3) is 5.91 Å². The summed E-state index contributed by atoms with van der Waals surface area (Å²) in [6.45, 7) is 3.44. The van der Waals surface area contributed by atoms with Gasteiger partial charge in [-0.15, -0.1) is 0 Å². The number of esters is 1. The van der Waals surface area contributed by atoms with Crippen LogP contribution in [0.15, 0.2) is 46.3 Å². The van der Waals surface area contributed by atoms with Crippen molar-refractivity contribution in [2.24, 2.45) is 4.99 Å². The zero-order valence-corrected chi connectivity index (χ0v) is 21.3. The number of nitrogens with zero attached hydrogens (tertiary/aromatic N) is 3. The van der Waals surface area contributed by atoms with Gasteiger partial charge < -0.3 is 18.8 Å². The fourth-order valence-electron chi connectivity index (χ4n) is 4.20. The summed E-state index contributed by atoms with van der Waals surface area (Å²) in [5.74, 6) is 0.320. The highest BCUT2D eigenvalue weighted by Crippen LogP contribution is 2.37. The van der Waals surface area contributed by atoms with Crippen LogP contribution in [0.5, 0.6) is 11.5 Å². The van der Waals surface area contributed by atoms with E-state index in [1.807, 2.05) is 6.07 Å².